The average molecular weight is 1660 g/mol. The van der Waals surface area contributed by atoms with Crippen molar-refractivity contribution in [2.24, 2.45) is 0 Å². The summed E-state index contributed by atoms with van der Waals surface area (Å²) in [5.74, 6) is 2.43. The Bertz CT molecular complexity index is 5480. The number of nitrogens with zero attached hydrogens (tertiary/aromatic N) is 9. The lowest BCUT2D eigenvalue weighted by Gasteiger charge is -2.36. The maximum Gasteiger partial charge on any atom is 0.412 e. The third-order valence-corrected chi connectivity index (χ3v) is 26.6. The number of amides is 4. The summed E-state index contributed by atoms with van der Waals surface area (Å²) < 4.78 is 51.1. The first-order chi connectivity index (χ1) is 57.9. The van der Waals surface area contributed by atoms with E-state index >= 15 is 0 Å². The number of methoxy groups -OCH3 is 3. The minimum Gasteiger partial charge on any atom is -0.496 e. The average Bonchev–Trinajstić information content (AvgIpc) is 1.71. The van der Waals surface area contributed by atoms with Gasteiger partial charge < -0.3 is 68.8 Å². The Morgan fingerprint density at radius 2 is 0.775 bits per heavy atom. The highest BCUT2D eigenvalue weighted by atomic mass is 32.2. The molecule has 4 amide bonds. The standard InChI is InChI=1S/C34H42N4O4.C33H36N4O4S2.C29H34N4O2/c1-7-36-16-18-37(19-17-36)29-13-9-12-27-28(29)22-38(32(27)39)31(25-14-15-30(41-6)23(2)20-25)24-10-8-11-26(21-24)35-33(40)42-34(3,4)5;1-4-35-15-17-36(18-16-35)29-11-6-10-27-28(29)22-37(33(27)38)32(25-13-14-30(41-3)23(2)20-25)24-8-5-9-26(21-24)34-43(39,40)31-12-7-19-42-31;1-4-31-13-15-32(16-14-31)26-10-6-9-24-25(26)19-33(29(24)34)28(21-7-5-8-23(30)18-21)22-11-12-27(35-3)20(2)17-22/h8-15,20-21,31H,7,16-19,22H2,1-6H3,(H,35,40);5-14,19-21,32,34H,4,15-18,22H2,1-3H3;5-12,17-18,28H,4,13-16,19,30H2,1-3H3. The lowest BCUT2D eigenvalue weighted by molar-refractivity contribution is 0.0633. The monoisotopic (exact) mass is 1660 g/mol. The van der Waals surface area contributed by atoms with E-state index in [1.807, 2.05) is 190 Å². The van der Waals surface area contributed by atoms with Crippen molar-refractivity contribution in [2.45, 2.75) is 110 Å². The van der Waals surface area contributed by atoms with Gasteiger partial charge in [0.05, 0.1) is 39.5 Å². The molecule has 3 atom stereocenters. The molecule has 3 fully saturated rings. The van der Waals surface area contributed by atoms with Gasteiger partial charge in [0.25, 0.3) is 27.7 Å². The van der Waals surface area contributed by atoms with Crippen molar-refractivity contribution in [1.82, 2.24) is 29.4 Å². The molecule has 0 radical (unpaired) electrons. The van der Waals surface area contributed by atoms with Crippen LogP contribution < -0.4 is 44.7 Å². The normalized spacial score (nSPS) is 16.5. The number of rotatable bonds is 22. The van der Waals surface area contributed by atoms with Gasteiger partial charge in [0, 0.05) is 166 Å². The van der Waals surface area contributed by atoms with Gasteiger partial charge in [0.1, 0.15) is 27.1 Å². The van der Waals surface area contributed by atoms with Crippen molar-refractivity contribution in [1.29, 1.82) is 0 Å². The molecule has 6 aliphatic heterocycles. The Morgan fingerprint density at radius 1 is 0.433 bits per heavy atom. The number of hydrogen-bond acceptors (Lipinski definition) is 18. The molecule has 16 rings (SSSR count). The van der Waals surface area contributed by atoms with E-state index in [1.165, 1.54) is 17.0 Å². The fourth-order valence-electron chi connectivity index (χ4n) is 17.6. The molecule has 9 aromatic carbocycles. The third kappa shape index (κ3) is 18.6. The molecule has 10 aromatic rings. The van der Waals surface area contributed by atoms with Crippen LogP contribution in [0.25, 0.3) is 0 Å². The third-order valence-electron chi connectivity index (χ3n) is 23.8. The second-order valence-electron chi connectivity index (χ2n) is 32.5. The predicted molar refractivity (Wildman–Crippen MR) is 479 cm³/mol. The number of hydrogen-bond donors (Lipinski definition) is 3. The number of nitrogen functional groups attached to an aromatic ring is 1. The van der Waals surface area contributed by atoms with Crippen molar-refractivity contribution < 1.29 is 46.5 Å². The van der Waals surface area contributed by atoms with Crippen LogP contribution in [0.15, 0.2) is 204 Å². The molecule has 3 saturated heterocycles. The summed E-state index contributed by atoms with van der Waals surface area (Å²) in [5, 5.41) is 4.60. The Kier molecular flexibility index (Phi) is 26.3. The molecule has 0 saturated carbocycles. The molecular formula is C96H112N12O10S2. The van der Waals surface area contributed by atoms with Gasteiger partial charge in [-0.05, 0) is 232 Å². The zero-order valence-electron chi connectivity index (χ0n) is 71.0. The fourth-order valence-corrected chi connectivity index (χ4v) is 19.7. The molecule has 4 N–H and O–H groups in total. The number of ether oxygens (including phenoxy) is 4. The predicted octanol–water partition coefficient (Wildman–Crippen LogP) is 16.5. The number of aryl methyl sites for hydroxylation is 3. The number of carbonyl (C=O) groups excluding carboxylic acids is 4. The van der Waals surface area contributed by atoms with Gasteiger partial charge in [-0.3, -0.25) is 24.4 Å². The van der Waals surface area contributed by atoms with Crippen molar-refractivity contribution in [2.75, 3.05) is 150 Å². The van der Waals surface area contributed by atoms with E-state index in [9.17, 15) is 27.6 Å². The number of sulfonamides is 1. The van der Waals surface area contributed by atoms with E-state index in [0.717, 1.165) is 210 Å². The quantitative estimate of drug-likeness (QED) is 0.0537. The van der Waals surface area contributed by atoms with Crippen LogP contribution in [0.1, 0.15) is 158 Å². The van der Waals surface area contributed by atoms with Gasteiger partial charge in [-0.2, -0.15) is 0 Å². The van der Waals surface area contributed by atoms with E-state index in [-0.39, 0.29) is 34.0 Å². The minimum absolute atomic E-state index is 0.00280. The Hall–Kier alpha value is -11.4. The molecule has 0 spiro atoms. The summed E-state index contributed by atoms with van der Waals surface area (Å²) in [6.07, 6.45) is -0.519. The van der Waals surface area contributed by atoms with Crippen LogP contribution in [-0.4, -0.2) is 187 Å². The number of likely N-dealkylation sites (N-methyl/N-ethyl adjacent to an activating group) is 3. The largest absolute Gasteiger partial charge is 0.496 e. The van der Waals surface area contributed by atoms with Gasteiger partial charge in [-0.25, -0.2) is 13.2 Å². The van der Waals surface area contributed by atoms with Crippen LogP contribution in [0.3, 0.4) is 0 Å². The number of nitrogens with two attached hydrogens (primary N) is 1. The van der Waals surface area contributed by atoms with Crippen LogP contribution in [0.4, 0.5) is 38.9 Å². The number of thiophene rings is 1. The van der Waals surface area contributed by atoms with E-state index in [1.54, 1.807) is 44.9 Å². The second kappa shape index (κ2) is 37.1. The number of piperazine rings is 3. The highest BCUT2D eigenvalue weighted by molar-refractivity contribution is 7.94. The second-order valence-corrected chi connectivity index (χ2v) is 35.3. The zero-order chi connectivity index (χ0) is 84.7. The molecule has 3 unspecified atom stereocenters. The molecule has 0 aliphatic carbocycles. The maximum absolute atomic E-state index is 14.2. The summed E-state index contributed by atoms with van der Waals surface area (Å²) >= 11 is 1.17. The lowest BCUT2D eigenvalue weighted by atomic mass is 9.95. The Morgan fingerprint density at radius 3 is 1.11 bits per heavy atom. The summed E-state index contributed by atoms with van der Waals surface area (Å²) in [6.45, 7) is 34.7. The molecule has 1 aromatic heterocycles. The van der Waals surface area contributed by atoms with Gasteiger partial charge in [-0.1, -0.05) is 99.6 Å². The number of nitrogens with one attached hydrogen (secondary N) is 2. The molecular weight excluding hydrogens is 1550 g/mol. The molecule has 22 nitrogen and oxygen atoms in total. The van der Waals surface area contributed by atoms with E-state index in [0.29, 0.717) is 36.7 Å². The Balaban J connectivity index is 0.000000148. The summed E-state index contributed by atoms with van der Waals surface area (Å²) in [5.41, 5.74) is 24.9. The summed E-state index contributed by atoms with van der Waals surface area (Å²) in [4.78, 5) is 75.2. The van der Waals surface area contributed by atoms with Gasteiger partial charge in [-0.15, -0.1) is 11.3 Å². The number of anilines is 6. The van der Waals surface area contributed by atoms with Gasteiger partial charge in [0.15, 0.2) is 0 Å². The topological polar surface area (TPSA) is 219 Å². The van der Waals surface area contributed by atoms with E-state index < -0.39 is 27.8 Å². The van der Waals surface area contributed by atoms with Crippen LogP contribution in [0, 0.1) is 20.8 Å². The first kappa shape index (κ1) is 85.0. The molecule has 6 aliphatic rings. The Labute approximate surface area is 711 Å². The number of fused-ring (bicyclic) bond motifs is 3. The maximum atomic E-state index is 14.2. The first-order valence-electron chi connectivity index (χ1n) is 41.6. The molecule has 628 valence electrons. The fraction of sp³-hybridized carbons (Fsp3) is 0.354. The lowest BCUT2D eigenvalue weighted by Crippen LogP contribution is -2.46. The van der Waals surface area contributed by atoms with Gasteiger partial charge >= 0.3 is 6.09 Å². The van der Waals surface area contributed by atoms with Crippen LogP contribution in [0.5, 0.6) is 17.2 Å². The smallest absolute Gasteiger partial charge is 0.412 e. The van der Waals surface area contributed by atoms with E-state index in [2.05, 4.69) is 103 Å². The molecule has 0 bridgehead atoms. The summed E-state index contributed by atoms with van der Waals surface area (Å²) in [6, 6.07) is 61.6. The highest BCUT2D eigenvalue weighted by Crippen LogP contribution is 2.46. The SMILES string of the molecule is CCN1CCN(c2cccc3c2CN(C(c2cccc(N)c2)c2ccc(OC)c(C)c2)C3=O)CC1.CCN1CCN(c2cccc3c2CN(C(c2cccc(NC(=O)OC(C)(C)C)c2)c2ccc(OC)c(C)c2)C3=O)CC1.CCN1CCN(c2cccc3c2CN(C(c2cccc(NS(=O)(=O)c4cccs4)c2)c2ccc(OC)c(C)c2)C3=O)CC1. The van der Waals surface area contributed by atoms with Gasteiger partial charge in [0.2, 0.25) is 0 Å². The van der Waals surface area contributed by atoms with Crippen LogP contribution in [-0.2, 0) is 34.4 Å². The number of benzene rings is 9. The zero-order valence-corrected chi connectivity index (χ0v) is 72.6. The molecule has 24 heteroatoms. The van der Waals surface area contributed by atoms with Crippen molar-refractivity contribution in [3.05, 3.63) is 283 Å². The number of carbonyl (C=O) groups is 4. The van der Waals surface area contributed by atoms with Crippen molar-refractivity contribution in [3.63, 3.8) is 0 Å². The van der Waals surface area contributed by atoms with Crippen molar-refractivity contribution >= 4 is 79.3 Å². The van der Waals surface area contributed by atoms with Crippen LogP contribution >= 0.6 is 11.3 Å². The van der Waals surface area contributed by atoms with Crippen molar-refractivity contribution in [3.8, 4) is 17.2 Å². The highest BCUT2D eigenvalue weighted by Gasteiger charge is 2.42. The van der Waals surface area contributed by atoms with E-state index in [4.69, 9.17) is 24.7 Å². The summed E-state index contributed by atoms with van der Waals surface area (Å²) in [7, 11) is 1.26. The molecule has 7 heterocycles. The minimum atomic E-state index is -3.73. The van der Waals surface area contributed by atoms with Crippen LogP contribution in [0.2, 0.25) is 0 Å². The molecule has 120 heavy (non-hydrogen) atoms. The first-order valence-corrected chi connectivity index (χ1v) is 44.0.